The number of hydrogen-bond acceptors (Lipinski definition) is 3. The van der Waals surface area contributed by atoms with Gasteiger partial charge in [0, 0.05) is 23.6 Å². The molecule has 1 N–H and O–H groups in total. The van der Waals surface area contributed by atoms with Gasteiger partial charge in [-0.3, -0.25) is 15.2 Å². The molecule has 2 aliphatic carbocycles. The SMILES string of the molecule is CN(NC(=O)c1nn(-c2ccc(Cl)cc2Cl)c2c1[C@H]1CC[C@H]2C1)c1ccccc1Cl. The topological polar surface area (TPSA) is 50.2 Å². The van der Waals surface area contributed by atoms with Gasteiger partial charge in [-0.25, -0.2) is 4.68 Å². The number of hydrogen-bond donors (Lipinski definition) is 1. The average molecular weight is 462 g/mol. The lowest BCUT2D eigenvalue weighted by molar-refractivity contribution is 0.0944. The Hall–Kier alpha value is -2.21. The molecule has 0 saturated heterocycles. The predicted molar refractivity (Wildman–Crippen MR) is 120 cm³/mol. The second-order valence-corrected chi connectivity index (χ2v) is 9.06. The van der Waals surface area contributed by atoms with Crippen LogP contribution in [0.3, 0.4) is 0 Å². The number of fused-ring (bicyclic) bond motifs is 5. The zero-order valence-electron chi connectivity index (χ0n) is 16.2. The third-order valence-electron chi connectivity index (χ3n) is 6.02. The van der Waals surface area contributed by atoms with E-state index in [0.717, 1.165) is 36.2 Å². The summed E-state index contributed by atoms with van der Waals surface area (Å²) in [5, 5.41) is 7.98. The molecule has 0 aliphatic heterocycles. The molecular weight excluding hydrogens is 443 g/mol. The van der Waals surface area contributed by atoms with Crippen LogP contribution in [0.25, 0.3) is 5.69 Å². The predicted octanol–water partition coefficient (Wildman–Crippen LogP) is 5.98. The van der Waals surface area contributed by atoms with Gasteiger partial charge in [0.25, 0.3) is 5.91 Å². The third kappa shape index (κ3) is 3.16. The highest BCUT2D eigenvalue weighted by molar-refractivity contribution is 6.35. The summed E-state index contributed by atoms with van der Waals surface area (Å²) in [7, 11) is 1.76. The van der Waals surface area contributed by atoms with Crippen LogP contribution >= 0.6 is 34.8 Å². The van der Waals surface area contributed by atoms with E-state index >= 15 is 0 Å². The van der Waals surface area contributed by atoms with E-state index in [1.807, 2.05) is 28.9 Å². The number of carbonyl (C=O) groups is 1. The fourth-order valence-corrected chi connectivity index (χ4v) is 5.48. The van der Waals surface area contributed by atoms with Gasteiger partial charge in [-0.1, -0.05) is 46.9 Å². The van der Waals surface area contributed by atoms with Crippen molar-refractivity contribution >= 4 is 46.4 Å². The Bertz CT molecular complexity index is 1160. The number of nitrogens with one attached hydrogen (secondary N) is 1. The number of halogens is 3. The monoisotopic (exact) mass is 460 g/mol. The summed E-state index contributed by atoms with van der Waals surface area (Å²) >= 11 is 18.8. The zero-order valence-corrected chi connectivity index (χ0v) is 18.5. The molecule has 2 atom stereocenters. The summed E-state index contributed by atoms with van der Waals surface area (Å²) in [5.41, 5.74) is 6.95. The molecule has 1 saturated carbocycles. The molecule has 1 heterocycles. The Balaban J connectivity index is 1.54. The van der Waals surface area contributed by atoms with E-state index < -0.39 is 0 Å². The molecule has 1 amide bonds. The smallest absolute Gasteiger partial charge is 0.287 e. The van der Waals surface area contributed by atoms with Crippen LogP contribution in [0.1, 0.15) is 52.8 Å². The van der Waals surface area contributed by atoms with Crippen molar-refractivity contribution < 1.29 is 4.79 Å². The molecule has 2 aliphatic rings. The van der Waals surface area contributed by atoms with Crippen LogP contribution in [0, 0.1) is 0 Å². The van der Waals surface area contributed by atoms with Crippen LogP contribution in [0.4, 0.5) is 5.69 Å². The van der Waals surface area contributed by atoms with Crippen molar-refractivity contribution in [3.05, 3.63) is 74.5 Å². The fourth-order valence-electron chi connectivity index (χ4n) is 4.72. The maximum atomic E-state index is 13.2. The molecule has 1 aromatic heterocycles. The number of hydrazine groups is 1. The third-order valence-corrected chi connectivity index (χ3v) is 6.88. The van der Waals surface area contributed by atoms with Crippen LogP contribution in [-0.2, 0) is 0 Å². The van der Waals surface area contributed by atoms with Crippen LogP contribution in [0.5, 0.6) is 0 Å². The molecule has 1 fully saturated rings. The maximum Gasteiger partial charge on any atom is 0.290 e. The second-order valence-electron chi connectivity index (χ2n) is 7.81. The number of carbonyl (C=O) groups excluding carboxylic acids is 1. The van der Waals surface area contributed by atoms with Gasteiger partial charge in [0.15, 0.2) is 5.69 Å². The first-order chi connectivity index (χ1) is 14.4. The van der Waals surface area contributed by atoms with Crippen molar-refractivity contribution in [2.24, 2.45) is 0 Å². The number of aromatic nitrogens is 2. The van der Waals surface area contributed by atoms with E-state index in [4.69, 9.17) is 39.9 Å². The van der Waals surface area contributed by atoms with Crippen molar-refractivity contribution in [2.45, 2.75) is 31.1 Å². The first kappa shape index (κ1) is 19.7. The minimum Gasteiger partial charge on any atom is -0.287 e. The molecular formula is C22H19Cl3N4O. The quantitative estimate of drug-likeness (QED) is 0.486. The normalized spacial score (nSPS) is 19.1. The van der Waals surface area contributed by atoms with E-state index in [-0.39, 0.29) is 5.91 Å². The van der Waals surface area contributed by atoms with Gasteiger partial charge in [0.2, 0.25) is 0 Å². The average Bonchev–Trinajstić information content (AvgIpc) is 3.41. The summed E-state index contributed by atoms with van der Waals surface area (Å²) in [4.78, 5) is 13.2. The Labute approximate surface area is 189 Å². The number of rotatable bonds is 4. The lowest BCUT2D eigenvalue weighted by atomic mass is 9.95. The van der Waals surface area contributed by atoms with E-state index in [0.29, 0.717) is 38.3 Å². The lowest BCUT2D eigenvalue weighted by Gasteiger charge is -2.21. The molecule has 0 spiro atoms. The Morgan fingerprint density at radius 3 is 2.63 bits per heavy atom. The van der Waals surface area contributed by atoms with Gasteiger partial charge in [-0.2, -0.15) is 5.10 Å². The van der Waals surface area contributed by atoms with Gasteiger partial charge in [0.1, 0.15) is 0 Å². The summed E-state index contributed by atoms with van der Waals surface area (Å²) in [6.45, 7) is 0. The lowest BCUT2D eigenvalue weighted by Crippen LogP contribution is -2.40. The Morgan fingerprint density at radius 1 is 1.10 bits per heavy atom. The highest BCUT2D eigenvalue weighted by atomic mass is 35.5. The molecule has 2 bridgehead atoms. The van der Waals surface area contributed by atoms with Gasteiger partial charge >= 0.3 is 0 Å². The molecule has 5 nitrogen and oxygen atoms in total. The Morgan fingerprint density at radius 2 is 1.87 bits per heavy atom. The zero-order chi connectivity index (χ0) is 21.0. The van der Waals surface area contributed by atoms with E-state index in [1.165, 1.54) is 0 Å². The number of para-hydroxylation sites is 1. The minimum atomic E-state index is -0.259. The molecule has 3 aromatic rings. The summed E-state index contributed by atoms with van der Waals surface area (Å²) in [6, 6.07) is 12.7. The van der Waals surface area contributed by atoms with Gasteiger partial charge in [0.05, 0.1) is 27.1 Å². The van der Waals surface area contributed by atoms with E-state index in [9.17, 15) is 4.79 Å². The Kier molecular flexibility index (Phi) is 4.92. The molecule has 8 heteroatoms. The second kappa shape index (κ2) is 7.49. The molecule has 2 aromatic carbocycles. The van der Waals surface area contributed by atoms with Crippen LogP contribution in [0.2, 0.25) is 15.1 Å². The summed E-state index contributed by atoms with van der Waals surface area (Å²) in [6.07, 6.45) is 3.24. The van der Waals surface area contributed by atoms with Crippen LogP contribution in [0.15, 0.2) is 42.5 Å². The van der Waals surface area contributed by atoms with Gasteiger partial charge in [-0.15, -0.1) is 0 Å². The molecule has 30 heavy (non-hydrogen) atoms. The van der Waals surface area contributed by atoms with Crippen molar-refractivity contribution in [2.75, 3.05) is 12.1 Å². The van der Waals surface area contributed by atoms with Crippen molar-refractivity contribution in [3.8, 4) is 5.69 Å². The van der Waals surface area contributed by atoms with Gasteiger partial charge < -0.3 is 0 Å². The number of benzene rings is 2. The van der Waals surface area contributed by atoms with Gasteiger partial charge in [-0.05, 0) is 55.5 Å². The van der Waals surface area contributed by atoms with E-state index in [2.05, 4.69) is 5.43 Å². The molecule has 154 valence electrons. The largest absolute Gasteiger partial charge is 0.290 e. The first-order valence-corrected chi connectivity index (χ1v) is 10.9. The van der Waals surface area contributed by atoms with Crippen molar-refractivity contribution in [1.29, 1.82) is 0 Å². The first-order valence-electron chi connectivity index (χ1n) is 9.81. The fraction of sp³-hybridized carbons (Fsp3) is 0.273. The number of anilines is 1. The standard InChI is InChI=1S/C22H19Cl3N4O/c1-28(17-5-3-2-4-15(17)24)27-22(30)20-19-12-6-7-13(10-12)21(19)29(26-20)18-9-8-14(23)11-16(18)25/h2-5,8-9,11-13H,6-7,10H2,1H3,(H,27,30)/t12-,13-/m0/s1. The van der Waals surface area contributed by atoms with E-state index in [1.54, 1.807) is 30.3 Å². The van der Waals surface area contributed by atoms with Crippen molar-refractivity contribution in [3.63, 3.8) is 0 Å². The van der Waals surface area contributed by atoms with Crippen molar-refractivity contribution in [1.82, 2.24) is 15.2 Å². The minimum absolute atomic E-state index is 0.259. The molecule has 0 unspecified atom stereocenters. The van der Waals surface area contributed by atoms with Crippen LogP contribution in [-0.4, -0.2) is 22.7 Å². The highest BCUT2D eigenvalue weighted by Gasteiger charge is 2.44. The van der Waals surface area contributed by atoms with Crippen LogP contribution < -0.4 is 10.4 Å². The molecule has 5 rings (SSSR count). The number of amides is 1. The molecule has 0 radical (unpaired) electrons. The highest BCUT2D eigenvalue weighted by Crippen LogP contribution is 2.54. The summed E-state index contributed by atoms with van der Waals surface area (Å²) in [5.74, 6) is 0.494. The maximum absolute atomic E-state index is 13.2. The summed E-state index contributed by atoms with van der Waals surface area (Å²) < 4.78 is 1.84. The number of nitrogens with zero attached hydrogens (tertiary/aromatic N) is 3.